The summed E-state index contributed by atoms with van der Waals surface area (Å²) in [6, 6.07) is 8.04. The summed E-state index contributed by atoms with van der Waals surface area (Å²) in [6.45, 7) is 1.95. The summed E-state index contributed by atoms with van der Waals surface area (Å²) < 4.78 is 0. The largest absolute Gasteiger partial charge is 0.241 e. The monoisotopic (exact) mass is 209 g/mol. The van der Waals surface area contributed by atoms with Gasteiger partial charge in [-0.15, -0.1) is 11.3 Å². The Morgan fingerprint density at radius 3 is 2.85 bits per heavy atom. The minimum absolute atomic E-state index is 0.559. The Morgan fingerprint density at radius 1 is 1.38 bits per heavy atom. The number of nitrogens with zero attached hydrogens (tertiary/aromatic N) is 1. The van der Waals surface area contributed by atoms with Gasteiger partial charge in [-0.3, -0.25) is 0 Å². The third kappa shape index (κ3) is 1.90. The molecule has 13 heavy (non-hydrogen) atoms. The minimum atomic E-state index is 0.559. The average molecular weight is 210 g/mol. The molecule has 0 radical (unpaired) electrons. The molecule has 2 aromatic rings. The SMILES string of the molecule is Cc1cc(-c2cccs2)cc(Cl)n1. The molecule has 0 spiro atoms. The van der Waals surface area contributed by atoms with Crippen LogP contribution >= 0.6 is 22.9 Å². The zero-order valence-electron chi connectivity index (χ0n) is 7.12. The topological polar surface area (TPSA) is 12.9 Å². The van der Waals surface area contributed by atoms with E-state index < -0.39 is 0 Å². The normalized spacial score (nSPS) is 10.3. The van der Waals surface area contributed by atoms with Crippen molar-refractivity contribution in [2.24, 2.45) is 0 Å². The Hall–Kier alpha value is -0.860. The van der Waals surface area contributed by atoms with Gasteiger partial charge in [0.1, 0.15) is 5.15 Å². The van der Waals surface area contributed by atoms with Crippen molar-refractivity contribution in [1.29, 1.82) is 0 Å². The molecule has 1 nitrogen and oxygen atoms in total. The van der Waals surface area contributed by atoms with E-state index in [1.807, 2.05) is 25.1 Å². The highest BCUT2D eigenvalue weighted by Crippen LogP contribution is 2.26. The van der Waals surface area contributed by atoms with E-state index in [2.05, 4.69) is 16.4 Å². The van der Waals surface area contributed by atoms with Gasteiger partial charge < -0.3 is 0 Å². The maximum Gasteiger partial charge on any atom is 0.129 e. The molecule has 0 aliphatic heterocycles. The Kier molecular flexibility index (Phi) is 2.34. The molecule has 0 fully saturated rings. The maximum atomic E-state index is 5.86. The van der Waals surface area contributed by atoms with Crippen LogP contribution in [0, 0.1) is 6.92 Å². The van der Waals surface area contributed by atoms with Crippen LogP contribution in [0.3, 0.4) is 0 Å². The molecule has 0 aromatic carbocycles. The Bertz CT molecular complexity index is 389. The van der Waals surface area contributed by atoms with Crippen LogP contribution in [0.15, 0.2) is 29.6 Å². The number of thiophene rings is 1. The molecule has 0 atom stereocenters. The molecule has 0 aliphatic carbocycles. The van der Waals surface area contributed by atoms with Crippen molar-refractivity contribution in [2.75, 3.05) is 0 Å². The summed E-state index contributed by atoms with van der Waals surface area (Å²) in [5.41, 5.74) is 2.10. The highest BCUT2D eigenvalue weighted by atomic mass is 35.5. The fourth-order valence-corrected chi connectivity index (χ4v) is 2.18. The van der Waals surface area contributed by atoms with E-state index in [-0.39, 0.29) is 0 Å². The van der Waals surface area contributed by atoms with E-state index in [0.29, 0.717) is 5.15 Å². The van der Waals surface area contributed by atoms with Crippen LogP contribution in [0.1, 0.15) is 5.69 Å². The van der Waals surface area contributed by atoms with E-state index >= 15 is 0 Å². The molecule has 2 heterocycles. The van der Waals surface area contributed by atoms with Gasteiger partial charge in [0, 0.05) is 10.6 Å². The standard InChI is InChI=1S/C10H8ClNS/c1-7-5-8(6-10(11)12-7)9-3-2-4-13-9/h2-6H,1H3. The Morgan fingerprint density at radius 2 is 2.23 bits per heavy atom. The van der Waals surface area contributed by atoms with Crippen LogP contribution in [-0.4, -0.2) is 4.98 Å². The zero-order chi connectivity index (χ0) is 9.26. The van der Waals surface area contributed by atoms with Crippen LogP contribution in [-0.2, 0) is 0 Å². The summed E-state index contributed by atoms with van der Waals surface area (Å²) in [4.78, 5) is 5.34. The summed E-state index contributed by atoms with van der Waals surface area (Å²) in [6.07, 6.45) is 0. The summed E-state index contributed by atoms with van der Waals surface area (Å²) >= 11 is 7.57. The van der Waals surface area contributed by atoms with Gasteiger partial charge in [-0.2, -0.15) is 0 Å². The van der Waals surface area contributed by atoms with E-state index in [4.69, 9.17) is 11.6 Å². The van der Waals surface area contributed by atoms with E-state index in [0.717, 1.165) is 11.3 Å². The highest BCUT2D eigenvalue weighted by molar-refractivity contribution is 7.13. The molecule has 2 rings (SSSR count). The Labute approximate surface area is 86.0 Å². The summed E-state index contributed by atoms with van der Waals surface area (Å²) in [5.74, 6) is 0. The van der Waals surface area contributed by atoms with E-state index in [1.165, 1.54) is 4.88 Å². The number of hydrogen-bond acceptors (Lipinski definition) is 2. The van der Waals surface area contributed by atoms with Crippen LogP contribution in [0.2, 0.25) is 5.15 Å². The van der Waals surface area contributed by atoms with Crippen molar-refractivity contribution in [1.82, 2.24) is 4.98 Å². The fraction of sp³-hybridized carbons (Fsp3) is 0.100. The second-order valence-corrected chi connectivity index (χ2v) is 4.13. The van der Waals surface area contributed by atoms with Gasteiger partial charge in [-0.05, 0) is 36.1 Å². The van der Waals surface area contributed by atoms with Crippen molar-refractivity contribution in [2.45, 2.75) is 6.92 Å². The smallest absolute Gasteiger partial charge is 0.129 e. The van der Waals surface area contributed by atoms with Crippen LogP contribution < -0.4 is 0 Å². The van der Waals surface area contributed by atoms with Crippen molar-refractivity contribution < 1.29 is 0 Å². The first-order chi connectivity index (χ1) is 6.25. The number of halogens is 1. The fourth-order valence-electron chi connectivity index (χ4n) is 1.21. The second-order valence-electron chi connectivity index (χ2n) is 2.80. The molecule has 2 aromatic heterocycles. The predicted octanol–water partition coefficient (Wildman–Crippen LogP) is 3.77. The minimum Gasteiger partial charge on any atom is -0.241 e. The zero-order valence-corrected chi connectivity index (χ0v) is 8.69. The van der Waals surface area contributed by atoms with Gasteiger partial charge >= 0.3 is 0 Å². The van der Waals surface area contributed by atoms with Crippen molar-refractivity contribution in [3.63, 3.8) is 0 Å². The van der Waals surface area contributed by atoms with Crippen molar-refractivity contribution in [3.05, 3.63) is 40.5 Å². The van der Waals surface area contributed by atoms with Crippen molar-refractivity contribution >= 4 is 22.9 Å². The molecule has 0 saturated carbocycles. The molecular formula is C10H8ClNS. The molecule has 0 amide bonds. The van der Waals surface area contributed by atoms with Crippen molar-refractivity contribution in [3.8, 4) is 10.4 Å². The quantitative estimate of drug-likeness (QED) is 0.652. The maximum absolute atomic E-state index is 5.86. The molecular weight excluding hydrogens is 202 g/mol. The summed E-state index contributed by atoms with van der Waals surface area (Å²) in [7, 11) is 0. The third-order valence-corrected chi connectivity index (χ3v) is 2.84. The van der Waals surface area contributed by atoms with E-state index in [9.17, 15) is 0 Å². The second kappa shape index (κ2) is 3.48. The first-order valence-electron chi connectivity index (χ1n) is 3.94. The van der Waals surface area contributed by atoms with Gasteiger partial charge in [-0.25, -0.2) is 4.98 Å². The molecule has 0 aliphatic rings. The predicted molar refractivity (Wildman–Crippen MR) is 57.3 cm³/mol. The molecule has 0 N–H and O–H groups in total. The number of rotatable bonds is 1. The summed E-state index contributed by atoms with van der Waals surface area (Å²) in [5, 5.41) is 2.61. The number of pyridine rings is 1. The molecule has 0 unspecified atom stereocenters. The van der Waals surface area contributed by atoms with Gasteiger partial charge in [-0.1, -0.05) is 17.7 Å². The lowest BCUT2D eigenvalue weighted by atomic mass is 10.2. The third-order valence-electron chi connectivity index (χ3n) is 1.73. The van der Waals surface area contributed by atoms with Gasteiger partial charge in [0.2, 0.25) is 0 Å². The van der Waals surface area contributed by atoms with Gasteiger partial charge in [0.05, 0.1) is 0 Å². The van der Waals surface area contributed by atoms with E-state index in [1.54, 1.807) is 11.3 Å². The average Bonchev–Trinajstić information content (AvgIpc) is 2.53. The van der Waals surface area contributed by atoms with Gasteiger partial charge in [0.25, 0.3) is 0 Å². The Balaban J connectivity index is 2.53. The number of aromatic nitrogens is 1. The first kappa shape index (κ1) is 8.73. The number of aryl methyl sites for hydroxylation is 1. The lowest BCUT2D eigenvalue weighted by molar-refractivity contribution is 1.20. The molecule has 0 bridgehead atoms. The lowest BCUT2D eigenvalue weighted by Crippen LogP contribution is -1.82. The highest BCUT2D eigenvalue weighted by Gasteiger charge is 2.01. The van der Waals surface area contributed by atoms with Crippen LogP contribution in [0.5, 0.6) is 0 Å². The molecule has 66 valence electrons. The van der Waals surface area contributed by atoms with Crippen LogP contribution in [0.25, 0.3) is 10.4 Å². The molecule has 0 saturated heterocycles. The lowest BCUT2D eigenvalue weighted by Gasteiger charge is -1.99. The van der Waals surface area contributed by atoms with Gasteiger partial charge in [0.15, 0.2) is 0 Å². The van der Waals surface area contributed by atoms with Crippen LogP contribution in [0.4, 0.5) is 0 Å². The molecule has 3 heteroatoms. The first-order valence-corrected chi connectivity index (χ1v) is 5.19. The number of hydrogen-bond donors (Lipinski definition) is 0.